The molecule has 0 unspecified atom stereocenters. The predicted octanol–water partition coefficient (Wildman–Crippen LogP) is 4.10. The van der Waals surface area contributed by atoms with Gasteiger partial charge in [0.15, 0.2) is 6.61 Å². The monoisotopic (exact) mass is 389 g/mol. The molecule has 27 heavy (non-hydrogen) atoms. The van der Waals surface area contributed by atoms with Crippen LogP contribution in [0.1, 0.15) is 30.4 Å². The second kappa shape index (κ2) is 8.09. The summed E-state index contributed by atoms with van der Waals surface area (Å²) in [6, 6.07) is 13.2. The van der Waals surface area contributed by atoms with Crippen LogP contribution in [0, 0.1) is 5.82 Å². The minimum absolute atomic E-state index is 0.312. The minimum Gasteiger partial charge on any atom is -0.455 e. The van der Waals surface area contributed by atoms with Crippen molar-refractivity contribution in [2.75, 3.05) is 13.7 Å². The van der Waals surface area contributed by atoms with Gasteiger partial charge >= 0.3 is 5.97 Å². The first-order valence-corrected chi connectivity index (χ1v) is 9.20. The van der Waals surface area contributed by atoms with E-state index in [2.05, 4.69) is 0 Å². The number of amides is 1. The van der Waals surface area contributed by atoms with Crippen LogP contribution in [0.3, 0.4) is 0 Å². The van der Waals surface area contributed by atoms with Gasteiger partial charge in [0, 0.05) is 18.6 Å². The van der Waals surface area contributed by atoms with Crippen molar-refractivity contribution in [2.24, 2.45) is 0 Å². The number of esters is 1. The second-order valence-corrected chi connectivity index (χ2v) is 7.33. The molecule has 0 spiro atoms. The van der Waals surface area contributed by atoms with Gasteiger partial charge < -0.3 is 9.64 Å². The van der Waals surface area contributed by atoms with E-state index in [-0.39, 0.29) is 24.3 Å². The summed E-state index contributed by atoms with van der Waals surface area (Å²) in [5.41, 5.74) is 0.923. The predicted molar refractivity (Wildman–Crippen MR) is 101 cm³/mol. The number of likely N-dealkylation sites (N-methyl/N-ethyl adjacent to an activating group) is 1. The average Bonchev–Trinajstić information content (AvgIpc) is 2.60. The van der Waals surface area contributed by atoms with E-state index in [1.165, 1.54) is 17.0 Å². The first kappa shape index (κ1) is 19.4. The van der Waals surface area contributed by atoms with Crippen LogP contribution < -0.4 is 0 Å². The largest absolute Gasteiger partial charge is 0.455 e. The van der Waals surface area contributed by atoms with Crippen molar-refractivity contribution in [3.8, 4) is 0 Å². The molecule has 1 fully saturated rings. The van der Waals surface area contributed by atoms with E-state index in [9.17, 15) is 14.0 Å². The van der Waals surface area contributed by atoms with Crippen molar-refractivity contribution in [1.82, 2.24) is 4.90 Å². The molecule has 0 aromatic heterocycles. The van der Waals surface area contributed by atoms with Crippen LogP contribution in [0.4, 0.5) is 4.39 Å². The van der Waals surface area contributed by atoms with Gasteiger partial charge in [0.25, 0.3) is 5.91 Å². The summed E-state index contributed by atoms with van der Waals surface area (Å²) in [7, 11) is 1.62. The molecular formula is C21H21ClFNO3. The molecule has 1 aliphatic carbocycles. The first-order chi connectivity index (χ1) is 12.9. The maximum absolute atomic E-state index is 13.0. The molecule has 0 saturated heterocycles. The molecule has 0 N–H and O–H groups in total. The van der Waals surface area contributed by atoms with Gasteiger partial charge in [-0.25, -0.2) is 4.39 Å². The smallest absolute Gasteiger partial charge is 0.317 e. The Hall–Kier alpha value is -2.40. The fourth-order valence-electron chi connectivity index (χ4n) is 3.25. The van der Waals surface area contributed by atoms with Gasteiger partial charge in [0.1, 0.15) is 5.82 Å². The molecule has 142 valence electrons. The Balaban J connectivity index is 1.59. The van der Waals surface area contributed by atoms with Gasteiger partial charge in [-0.05, 0) is 48.2 Å². The van der Waals surface area contributed by atoms with Gasteiger partial charge in [-0.3, -0.25) is 9.59 Å². The lowest BCUT2D eigenvalue weighted by Crippen LogP contribution is -2.45. The fourth-order valence-corrected chi connectivity index (χ4v) is 3.44. The Morgan fingerprint density at radius 2 is 1.89 bits per heavy atom. The molecule has 0 atom stereocenters. The van der Waals surface area contributed by atoms with E-state index in [1.807, 2.05) is 12.1 Å². The maximum Gasteiger partial charge on any atom is 0.317 e. The van der Waals surface area contributed by atoms with E-state index in [0.29, 0.717) is 24.4 Å². The summed E-state index contributed by atoms with van der Waals surface area (Å²) in [6.07, 6.45) is 2.30. The van der Waals surface area contributed by atoms with Crippen LogP contribution in [0.15, 0.2) is 48.5 Å². The second-order valence-electron chi connectivity index (χ2n) is 6.90. The SMILES string of the molecule is CN(Cc1ccc(F)cc1)C(=O)COC(=O)C1(c2cccc(Cl)c2)CCC1. The molecule has 4 nitrogen and oxygen atoms in total. The molecule has 0 radical (unpaired) electrons. The topological polar surface area (TPSA) is 46.6 Å². The van der Waals surface area contributed by atoms with E-state index < -0.39 is 5.41 Å². The normalized spacial score (nSPS) is 14.9. The third-order valence-corrected chi connectivity index (χ3v) is 5.30. The average molecular weight is 390 g/mol. The Bertz CT molecular complexity index is 834. The molecule has 0 heterocycles. The Morgan fingerprint density at radius 1 is 1.19 bits per heavy atom. The number of nitrogens with zero attached hydrogens (tertiary/aromatic N) is 1. The van der Waals surface area contributed by atoms with E-state index >= 15 is 0 Å². The van der Waals surface area contributed by atoms with Crippen molar-refractivity contribution in [2.45, 2.75) is 31.2 Å². The van der Waals surface area contributed by atoms with Crippen LogP contribution in [-0.4, -0.2) is 30.4 Å². The fraction of sp³-hybridized carbons (Fsp3) is 0.333. The highest BCUT2D eigenvalue weighted by Gasteiger charge is 2.47. The highest BCUT2D eigenvalue weighted by atomic mass is 35.5. The molecule has 1 aliphatic rings. The molecular weight excluding hydrogens is 369 g/mol. The van der Waals surface area contributed by atoms with E-state index in [1.54, 1.807) is 31.3 Å². The Kier molecular flexibility index (Phi) is 5.80. The number of ether oxygens (including phenoxy) is 1. The van der Waals surface area contributed by atoms with Crippen molar-refractivity contribution >= 4 is 23.5 Å². The van der Waals surface area contributed by atoms with Gasteiger partial charge in [-0.1, -0.05) is 42.3 Å². The molecule has 3 rings (SSSR count). The molecule has 0 aliphatic heterocycles. The zero-order valence-corrected chi connectivity index (χ0v) is 15.8. The van der Waals surface area contributed by atoms with Crippen molar-refractivity contribution < 1.29 is 18.7 Å². The van der Waals surface area contributed by atoms with Crippen LogP contribution >= 0.6 is 11.6 Å². The summed E-state index contributed by atoms with van der Waals surface area (Å²) in [5, 5.41) is 0.571. The highest BCUT2D eigenvalue weighted by Crippen LogP contribution is 2.45. The maximum atomic E-state index is 13.0. The lowest BCUT2D eigenvalue weighted by molar-refractivity contribution is -0.160. The molecule has 0 bridgehead atoms. The summed E-state index contributed by atoms with van der Waals surface area (Å²) in [6.45, 7) is -0.00502. The molecule has 2 aromatic rings. The van der Waals surface area contributed by atoms with Crippen LogP contribution in [0.2, 0.25) is 5.02 Å². The zero-order valence-electron chi connectivity index (χ0n) is 15.1. The van der Waals surface area contributed by atoms with Gasteiger partial charge in [0.2, 0.25) is 0 Å². The minimum atomic E-state index is -0.708. The summed E-state index contributed by atoms with van der Waals surface area (Å²) < 4.78 is 18.3. The zero-order chi connectivity index (χ0) is 19.4. The van der Waals surface area contributed by atoms with Crippen molar-refractivity contribution in [1.29, 1.82) is 0 Å². The van der Waals surface area contributed by atoms with Gasteiger partial charge in [-0.2, -0.15) is 0 Å². The van der Waals surface area contributed by atoms with Crippen LogP contribution in [-0.2, 0) is 26.3 Å². The summed E-state index contributed by atoms with van der Waals surface area (Å²) in [4.78, 5) is 26.5. The van der Waals surface area contributed by atoms with Crippen molar-refractivity contribution in [3.63, 3.8) is 0 Å². The number of rotatable bonds is 6. The standard InChI is InChI=1S/C21H21ClFNO3/c1-24(13-15-6-8-18(23)9-7-15)19(25)14-27-20(26)21(10-3-11-21)16-4-2-5-17(22)12-16/h2,4-9,12H,3,10-11,13-14H2,1H3. The number of carbonyl (C=O) groups is 2. The quantitative estimate of drug-likeness (QED) is 0.699. The third kappa shape index (κ3) is 4.30. The molecule has 1 saturated carbocycles. The number of hydrogen-bond acceptors (Lipinski definition) is 3. The summed E-state index contributed by atoms with van der Waals surface area (Å²) in [5.74, 6) is -1.03. The molecule has 6 heteroatoms. The van der Waals surface area contributed by atoms with Crippen molar-refractivity contribution in [3.05, 3.63) is 70.5 Å². The van der Waals surface area contributed by atoms with Crippen LogP contribution in [0.25, 0.3) is 0 Å². The number of carbonyl (C=O) groups excluding carboxylic acids is 2. The Labute approximate surface area is 162 Å². The molecule has 2 aromatic carbocycles. The van der Waals surface area contributed by atoms with Gasteiger partial charge in [0.05, 0.1) is 5.41 Å². The number of hydrogen-bond donors (Lipinski definition) is 0. The Morgan fingerprint density at radius 3 is 2.48 bits per heavy atom. The number of benzene rings is 2. The van der Waals surface area contributed by atoms with E-state index in [0.717, 1.165) is 17.5 Å². The lowest BCUT2D eigenvalue weighted by Gasteiger charge is -2.39. The summed E-state index contributed by atoms with van der Waals surface area (Å²) >= 11 is 6.06. The molecule has 1 amide bonds. The van der Waals surface area contributed by atoms with Crippen LogP contribution in [0.5, 0.6) is 0 Å². The number of halogens is 2. The van der Waals surface area contributed by atoms with Gasteiger partial charge in [-0.15, -0.1) is 0 Å². The van der Waals surface area contributed by atoms with E-state index in [4.69, 9.17) is 16.3 Å². The lowest BCUT2D eigenvalue weighted by atomic mass is 9.64. The third-order valence-electron chi connectivity index (χ3n) is 5.06. The highest BCUT2D eigenvalue weighted by molar-refractivity contribution is 6.30. The first-order valence-electron chi connectivity index (χ1n) is 8.82.